The van der Waals surface area contributed by atoms with Gasteiger partial charge in [0.1, 0.15) is 0 Å². The quantitative estimate of drug-likeness (QED) is 0.853. The van der Waals surface area contributed by atoms with Crippen LogP contribution in [0.2, 0.25) is 0 Å². The van der Waals surface area contributed by atoms with Crippen LogP contribution in [0.4, 0.5) is 0 Å². The van der Waals surface area contributed by atoms with Gasteiger partial charge in [0.2, 0.25) is 5.82 Å². The summed E-state index contributed by atoms with van der Waals surface area (Å²) < 4.78 is 1.80. The molecule has 1 saturated heterocycles. The monoisotopic (exact) mass is 278 g/mol. The van der Waals surface area contributed by atoms with Gasteiger partial charge >= 0.3 is 0 Å². The molecule has 2 rings (SSSR count). The third-order valence-electron chi connectivity index (χ3n) is 3.46. The summed E-state index contributed by atoms with van der Waals surface area (Å²) in [5, 5.41) is 4.57. The first kappa shape index (κ1) is 15.0. The maximum Gasteiger partial charge on any atom is 0.291 e. The van der Waals surface area contributed by atoms with Gasteiger partial charge in [-0.2, -0.15) is 5.10 Å². The van der Waals surface area contributed by atoms with E-state index < -0.39 is 0 Å². The third-order valence-corrected chi connectivity index (χ3v) is 3.46. The van der Waals surface area contributed by atoms with Crippen molar-refractivity contribution in [1.29, 1.82) is 0 Å². The van der Waals surface area contributed by atoms with Crippen molar-refractivity contribution in [2.24, 2.45) is 5.92 Å². The number of nitrogens with zero attached hydrogens (tertiary/aromatic N) is 4. The maximum atomic E-state index is 12.6. The molecule has 5 nitrogen and oxygen atoms in total. The summed E-state index contributed by atoms with van der Waals surface area (Å²) in [6, 6.07) is 0. The largest absolute Gasteiger partial charge is 0.336 e. The molecule has 0 atom stereocenters. The van der Waals surface area contributed by atoms with Crippen molar-refractivity contribution in [1.82, 2.24) is 19.7 Å². The molecule has 1 fully saturated rings. The minimum Gasteiger partial charge on any atom is -0.336 e. The van der Waals surface area contributed by atoms with E-state index in [9.17, 15) is 4.79 Å². The Morgan fingerprint density at radius 2 is 1.85 bits per heavy atom. The first-order chi connectivity index (χ1) is 9.29. The number of rotatable bonds is 3. The number of hydrogen-bond acceptors (Lipinski definition) is 3. The minimum atomic E-state index is -0.229. The molecule has 20 heavy (non-hydrogen) atoms. The molecule has 1 aromatic heterocycles. The van der Waals surface area contributed by atoms with Gasteiger partial charge in [-0.15, -0.1) is 0 Å². The van der Waals surface area contributed by atoms with E-state index in [1.165, 1.54) is 0 Å². The third kappa shape index (κ3) is 3.19. The van der Waals surface area contributed by atoms with Crippen molar-refractivity contribution in [2.45, 2.75) is 59.4 Å². The Kier molecular flexibility index (Phi) is 4.16. The van der Waals surface area contributed by atoms with E-state index in [4.69, 9.17) is 0 Å². The fourth-order valence-electron chi connectivity index (χ4n) is 2.47. The van der Waals surface area contributed by atoms with E-state index in [1.807, 2.05) is 4.90 Å². The average molecular weight is 278 g/mol. The highest BCUT2D eigenvalue weighted by Crippen LogP contribution is 2.19. The topological polar surface area (TPSA) is 51.0 Å². The molecule has 2 heterocycles. The summed E-state index contributed by atoms with van der Waals surface area (Å²) in [5.74, 6) is 1.79. The van der Waals surface area contributed by atoms with E-state index in [0.717, 1.165) is 38.2 Å². The predicted molar refractivity (Wildman–Crippen MR) is 78.7 cm³/mol. The predicted octanol–water partition coefficient (Wildman–Crippen LogP) is 2.47. The van der Waals surface area contributed by atoms with Crippen LogP contribution in [0.3, 0.4) is 0 Å². The lowest BCUT2D eigenvalue weighted by molar-refractivity contribution is 0.0765. The van der Waals surface area contributed by atoms with Crippen LogP contribution in [0.15, 0.2) is 0 Å². The van der Waals surface area contributed by atoms with Crippen LogP contribution in [0.5, 0.6) is 0 Å². The van der Waals surface area contributed by atoms with Gasteiger partial charge in [-0.25, -0.2) is 9.67 Å². The summed E-state index contributed by atoms with van der Waals surface area (Å²) in [5.41, 5.74) is -0.229. The summed E-state index contributed by atoms with van der Waals surface area (Å²) in [7, 11) is 0. The first-order valence-electron chi connectivity index (χ1n) is 7.54. The molecule has 5 heteroatoms. The first-order valence-corrected chi connectivity index (χ1v) is 7.54. The van der Waals surface area contributed by atoms with Gasteiger partial charge in [0.05, 0.1) is 5.54 Å². The molecule has 0 bridgehead atoms. The second kappa shape index (κ2) is 5.54. The molecule has 1 amide bonds. The maximum absolute atomic E-state index is 12.6. The van der Waals surface area contributed by atoms with Gasteiger partial charge in [-0.1, -0.05) is 13.8 Å². The Labute approximate surface area is 121 Å². The second-order valence-corrected chi connectivity index (χ2v) is 7.03. The Morgan fingerprint density at radius 1 is 1.25 bits per heavy atom. The highest BCUT2D eigenvalue weighted by molar-refractivity contribution is 5.91. The van der Waals surface area contributed by atoms with Crippen molar-refractivity contribution < 1.29 is 4.79 Å². The molecule has 0 aromatic carbocycles. The molecule has 0 radical (unpaired) electrons. The molecular formula is C15H26N4O. The van der Waals surface area contributed by atoms with Gasteiger partial charge < -0.3 is 4.90 Å². The van der Waals surface area contributed by atoms with E-state index >= 15 is 0 Å². The Hall–Kier alpha value is -1.39. The van der Waals surface area contributed by atoms with Crippen molar-refractivity contribution in [3.05, 3.63) is 11.6 Å². The van der Waals surface area contributed by atoms with Gasteiger partial charge in [-0.3, -0.25) is 4.79 Å². The molecule has 0 aliphatic carbocycles. The van der Waals surface area contributed by atoms with E-state index in [1.54, 1.807) is 4.68 Å². The van der Waals surface area contributed by atoms with Crippen LogP contribution in [-0.4, -0.2) is 38.7 Å². The Balaban J connectivity index is 2.33. The van der Waals surface area contributed by atoms with Gasteiger partial charge in [0.15, 0.2) is 5.82 Å². The van der Waals surface area contributed by atoms with Crippen LogP contribution >= 0.6 is 0 Å². The normalized spacial score (nSPS) is 16.2. The molecule has 0 saturated carbocycles. The van der Waals surface area contributed by atoms with Crippen molar-refractivity contribution >= 4 is 5.91 Å². The van der Waals surface area contributed by atoms with E-state index in [0.29, 0.717) is 11.7 Å². The standard InChI is InChI=1S/C15H26N4O/c1-11(2)10-12-16-13(19(17-12)15(3,4)5)14(20)18-8-6-7-9-18/h11H,6-10H2,1-5H3. The number of carbonyl (C=O) groups excluding carboxylic acids is 1. The summed E-state index contributed by atoms with van der Waals surface area (Å²) in [6.07, 6.45) is 2.99. The highest BCUT2D eigenvalue weighted by Gasteiger charge is 2.29. The smallest absolute Gasteiger partial charge is 0.291 e. The molecule has 1 aliphatic heterocycles. The molecular weight excluding hydrogens is 252 g/mol. The van der Waals surface area contributed by atoms with Crippen LogP contribution in [0.25, 0.3) is 0 Å². The minimum absolute atomic E-state index is 0.0277. The lowest BCUT2D eigenvalue weighted by Crippen LogP contribution is -2.34. The zero-order valence-electron chi connectivity index (χ0n) is 13.3. The number of amides is 1. The van der Waals surface area contributed by atoms with Crippen molar-refractivity contribution in [3.8, 4) is 0 Å². The van der Waals surface area contributed by atoms with Crippen LogP contribution in [0, 0.1) is 5.92 Å². The van der Waals surface area contributed by atoms with Crippen LogP contribution < -0.4 is 0 Å². The summed E-state index contributed by atoms with van der Waals surface area (Å²) in [4.78, 5) is 19.0. The highest BCUT2D eigenvalue weighted by atomic mass is 16.2. The van der Waals surface area contributed by atoms with Crippen LogP contribution in [0.1, 0.15) is 63.9 Å². The van der Waals surface area contributed by atoms with E-state index in [2.05, 4.69) is 44.7 Å². The number of hydrogen-bond donors (Lipinski definition) is 0. The zero-order chi connectivity index (χ0) is 14.9. The SMILES string of the molecule is CC(C)Cc1nc(C(=O)N2CCCC2)n(C(C)(C)C)n1. The Morgan fingerprint density at radius 3 is 2.35 bits per heavy atom. The summed E-state index contributed by atoms with van der Waals surface area (Å²) >= 11 is 0. The molecule has 0 spiro atoms. The van der Waals surface area contributed by atoms with Gasteiger partial charge in [0, 0.05) is 19.5 Å². The van der Waals surface area contributed by atoms with Gasteiger partial charge in [0.25, 0.3) is 5.91 Å². The fourth-order valence-corrected chi connectivity index (χ4v) is 2.47. The fraction of sp³-hybridized carbons (Fsp3) is 0.800. The number of carbonyl (C=O) groups is 1. The van der Waals surface area contributed by atoms with Gasteiger partial charge in [-0.05, 0) is 39.5 Å². The van der Waals surface area contributed by atoms with Crippen molar-refractivity contribution in [2.75, 3.05) is 13.1 Å². The molecule has 0 unspecified atom stereocenters. The molecule has 112 valence electrons. The average Bonchev–Trinajstić information content (AvgIpc) is 2.93. The summed E-state index contributed by atoms with van der Waals surface area (Å²) in [6.45, 7) is 12.1. The number of aromatic nitrogens is 3. The number of likely N-dealkylation sites (tertiary alicyclic amines) is 1. The molecule has 1 aliphatic rings. The molecule has 1 aromatic rings. The van der Waals surface area contributed by atoms with Crippen LogP contribution in [-0.2, 0) is 12.0 Å². The second-order valence-electron chi connectivity index (χ2n) is 7.03. The molecule has 0 N–H and O–H groups in total. The van der Waals surface area contributed by atoms with E-state index in [-0.39, 0.29) is 11.4 Å². The Bertz CT molecular complexity index is 479. The zero-order valence-corrected chi connectivity index (χ0v) is 13.3. The van der Waals surface area contributed by atoms with Crippen molar-refractivity contribution in [3.63, 3.8) is 0 Å². The lowest BCUT2D eigenvalue weighted by Gasteiger charge is -2.22. The lowest BCUT2D eigenvalue weighted by atomic mass is 10.1.